The molecule has 0 radical (unpaired) electrons. The summed E-state index contributed by atoms with van der Waals surface area (Å²) in [6.45, 7) is 2.10. The van der Waals surface area contributed by atoms with Crippen molar-refractivity contribution < 1.29 is 4.79 Å². The van der Waals surface area contributed by atoms with E-state index in [1.165, 1.54) is 5.56 Å². The van der Waals surface area contributed by atoms with Gasteiger partial charge in [0.05, 0.1) is 12.0 Å². The van der Waals surface area contributed by atoms with Gasteiger partial charge in [-0.15, -0.1) is 0 Å². The number of carbonyl (C=O) groups is 1. The van der Waals surface area contributed by atoms with E-state index in [0.717, 1.165) is 32.1 Å². The fourth-order valence-corrected chi connectivity index (χ4v) is 2.87. The second-order valence-corrected chi connectivity index (χ2v) is 5.43. The molecule has 3 atom stereocenters. The molecular formula is C16H24N2O. The second-order valence-electron chi connectivity index (χ2n) is 5.43. The topological polar surface area (TPSA) is 55.1 Å². The summed E-state index contributed by atoms with van der Waals surface area (Å²) in [5.74, 6) is 0.120. The van der Waals surface area contributed by atoms with Gasteiger partial charge < -0.3 is 11.1 Å². The number of benzene rings is 1. The van der Waals surface area contributed by atoms with Crippen LogP contribution in [0.5, 0.6) is 0 Å². The molecule has 2 rings (SSSR count). The molecule has 0 aromatic heterocycles. The highest BCUT2D eigenvalue weighted by atomic mass is 16.2. The molecule has 3 N–H and O–H groups in total. The van der Waals surface area contributed by atoms with Gasteiger partial charge in [0.1, 0.15) is 0 Å². The Labute approximate surface area is 115 Å². The van der Waals surface area contributed by atoms with Crippen LogP contribution in [0.15, 0.2) is 30.3 Å². The average molecular weight is 260 g/mol. The summed E-state index contributed by atoms with van der Waals surface area (Å²) in [5, 5.41) is 3.16. The summed E-state index contributed by atoms with van der Waals surface area (Å²) in [5.41, 5.74) is 7.24. The standard InChI is InChI=1S/C16H24N2O/c1-2-15(12-8-4-3-5-9-12)18-16(19)13-10-6-7-11-14(13)17/h3-5,8-9,13-15H,2,6-7,10-11,17H2,1H3,(H,18,19). The van der Waals surface area contributed by atoms with E-state index in [-0.39, 0.29) is 23.9 Å². The maximum absolute atomic E-state index is 12.4. The quantitative estimate of drug-likeness (QED) is 0.874. The van der Waals surface area contributed by atoms with E-state index < -0.39 is 0 Å². The highest BCUT2D eigenvalue weighted by Crippen LogP contribution is 2.25. The molecule has 104 valence electrons. The minimum Gasteiger partial charge on any atom is -0.349 e. The third-order valence-electron chi connectivity index (χ3n) is 4.08. The molecule has 19 heavy (non-hydrogen) atoms. The van der Waals surface area contributed by atoms with Crippen molar-refractivity contribution >= 4 is 5.91 Å². The predicted octanol–water partition coefficient (Wildman–Crippen LogP) is 2.77. The number of hydrogen-bond acceptors (Lipinski definition) is 2. The molecule has 1 aromatic rings. The fraction of sp³-hybridized carbons (Fsp3) is 0.562. The summed E-state index contributed by atoms with van der Waals surface area (Å²) >= 11 is 0. The summed E-state index contributed by atoms with van der Waals surface area (Å²) in [6.07, 6.45) is 5.07. The molecule has 1 aromatic carbocycles. The van der Waals surface area contributed by atoms with Crippen LogP contribution in [-0.2, 0) is 4.79 Å². The Morgan fingerprint density at radius 3 is 2.63 bits per heavy atom. The summed E-state index contributed by atoms with van der Waals surface area (Å²) in [7, 11) is 0. The first-order valence-electron chi connectivity index (χ1n) is 7.33. The lowest BCUT2D eigenvalue weighted by atomic mass is 9.84. The molecule has 1 aliphatic rings. The van der Waals surface area contributed by atoms with Crippen LogP contribution in [0, 0.1) is 5.92 Å². The molecule has 0 aliphatic heterocycles. The number of hydrogen-bond donors (Lipinski definition) is 2. The minimum atomic E-state index is -0.00786. The van der Waals surface area contributed by atoms with Crippen LogP contribution in [0.2, 0.25) is 0 Å². The van der Waals surface area contributed by atoms with E-state index in [0.29, 0.717) is 0 Å². The van der Waals surface area contributed by atoms with Crippen LogP contribution in [0.4, 0.5) is 0 Å². The average Bonchev–Trinajstić information content (AvgIpc) is 2.46. The van der Waals surface area contributed by atoms with Gasteiger partial charge in [0.15, 0.2) is 0 Å². The van der Waals surface area contributed by atoms with E-state index in [1.807, 2.05) is 18.2 Å². The molecule has 3 nitrogen and oxygen atoms in total. The monoisotopic (exact) mass is 260 g/mol. The number of nitrogens with two attached hydrogens (primary N) is 1. The fourth-order valence-electron chi connectivity index (χ4n) is 2.87. The Morgan fingerprint density at radius 2 is 2.00 bits per heavy atom. The summed E-state index contributed by atoms with van der Waals surface area (Å²) < 4.78 is 0. The smallest absolute Gasteiger partial charge is 0.225 e. The van der Waals surface area contributed by atoms with Crippen LogP contribution in [0.3, 0.4) is 0 Å². The van der Waals surface area contributed by atoms with Crippen molar-refractivity contribution in [2.45, 2.75) is 51.1 Å². The lowest BCUT2D eigenvalue weighted by Gasteiger charge is -2.29. The van der Waals surface area contributed by atoms with Gasteiger partial charge in [-0.25, -0.2) is 0 Å². The first kappa shape index (κ1) is 14.1. The lowest BCUT2D eigenvalue weighted by molar-refractivity contribution is -0.127. The first-order chi connectivity index (χ1) is 9.22. The number of nitrogens with one attached hydrogen (secondary N) is 1. The number of carbonyl (C=O) groups excluding carboxylic acids is 1. The molecule has 0 heterocycles. The highest BCUT2D eigenvalue weighted by molar-refractivity contribution is 5.80. The van der Waals surface area contributed by atoms with Crippen LogP contribution in [-0.4, -0.2) is 11.9 Å². The molecule has 0 spiro atoms. The molecule has 1 aliphatic carbocycles. The Bertz CT molecular complexity index is 404. The highest BCUT2D eigenvalue weighted by Gasteiger charge is 2.29. The SMILES string of the molecule is CCC(NC(=O)C1CCCCC1N)c1ccccc1. The second kappa shape index (κ2) is 6.71. The minimum absolute atomic E-state index is 0.00786. The van der Waals surface area contributed by atoms with Crippen LogP contribution in [0.25, 0.3) is 0 Å². The van der Waals surface area contributed by atoms with Gasteiger partial charge in [0.2, 0.25) is 5.91 Å². The molecular weight excluding hydrogens is 236 g/mol. The zero-order valence-electron chi connectivity index (χ0n) is 11.6. The van der Waals surface area contributed by atoms with Gasteiger partial charge in [-0.05, 0) is 24.8 Å². The molecule has 0 bridgehead atoms. The molecule has 1 amide bonds. The Kier molecular flexibility index (Phi) is 4.97. The van der Waals surface area contributed by atoms with Crippen molar-refractivity contribution in [3.63, 3.8) is 0 Å². The Hall–Kier alpha value is -1.35. The van der Waals surface area contributed by atoms with Gasteiger partial charge in [0, 0.05) is 6.04 Å². The maximum atomic E-state index is 12.4. The largest absolute Gasteiger partial charge is 0.349 e. The van der Waals surface area contributed by atoms with Gasteiger partial charge in [-0.3, -0.25) is 4.79 Å². The normalized spacial score (nSPS) is 24.7. The number of amides is 1. The maximum Gasteiger partial charge on any atom is 0.225 e. The number of rotatable bonds is 4. The van der Waals surface area contributed by atoms with Gasteiger partial charge in [-0.1, -0.05) is 50.1 Å². The van der Waals surface area contributed by atoms with E-state index in [2.05, 4.69) is 24.4 Å². The van der Waals surface area contributed by atoms with E-state index in [4.69, 9.17) is 5.73 Å². The molecule has 1 saturated carbocycles. The molecule has 0 saturated heterocycles. The zero-order chi connectivity index (χ0) is 13.7. The van der Waals surface area contributed by atoms with Gasteiger partial charge in [0.25, 0.3) is 0 Å². The third-order valence-corrected chi connectivity index (χ3v) is 4.08. The summed E-state index contributed by atoms with van der Waals surface area (Å²) in [4.78, 5) is 12.4. The summed E-state index contributed by atoms with van der Waals surface area (Å²) in [6, 6.07) is 10.3. The van der Waals surface area contributed by atoms with E-state index in [1.54, 1.807) is 0 Å². The van der Waals surface area contributed by atoms with Crippen LogP contribution < -0.4 is 11.1 Å². The van der Waals surface area contributed by atoms with Gasteiger partial charge >= 0.3 is 0 Å². The van der Waals surface area contributed by atoms with Crippen LogP contribution >= 0.6 is 0 Å². The van der Waals surface area contributed by atoms with Crippen molar-refractivity contribution in [1.82, 2.24) is 5.32 Å². The Morgan fingerprint density at radius 1 is 1.32 bits per heavy atom. The predicted molar refractivity (Wildman–Crippen MR) is 77.6 cm³/mol. The van der Waals surface area contributed by atoms with Crippen molar-refractivity contribution in [2.75, 3.05) is 0 Å². The van der Waals surface area contributed by atoms with Crippen LogP contribution in [0.1, 0.15) is 50.6 Å². The van der Waals surface area contributed by atoms with E-state index in [9.17, 15) is 4.79 Å². The van der Waals surface area contributed by atoms with Crippen molar-refractivity contribution in [3.8, 4) is 0 Å². The molecule has 3 heteroatoms. The van der Waals surface area contributed by atoms with E-state index >= 15 is 0 Å². The van der Waals surface area contributed by atoms with Crippen molar-refractivity contribution in [2.24, 2.45) is 11.7 Å². The Balaban J connectivity index is 2.00. The van der Waals surface area contributed by atoms with Gasteiger partial charge in [-0.2, -0.15) is 0 Å². The van der Waals surface area contributed by atoms with Crippen molar-refractivity contribution in [3.05, 3.63) is 35.9 Å². The third kappa shape index (κ3) is 3.57. The molecule has 3 unspecified atom stereocenters. The molecule has 1 fully saturated rings. The first-order valence-corrected chi connectivity index (χ1v) is 7.33. The van der Waals surface area contributed by atoms with Crippen molar-refractivity contribution in [1.29, 1.82) is 0 Å². The zero-order valence-corrected chi connectivity index (χ0v) is 11.6. The lowest BCUT2D eigenvalue weighted by Crippen LogP contribution is -2.44.